The molecule has 0 radical (unpaired) electrons. The van der Waals surface area contributed by atoms with Crippen LogP contribution in [0, 0.1) is 0 Å². The normalized spacial score (nSPS) is 21.8. The summed E-state index contributed by atoms with van der Waals surface area (Å²) in [5.41, 5.74) is 0. The molecule has 0 atom stereocenters. The predicted octanol–water partition coefficient (Wildman–Crippen LogP) is 1.08. The van der Waals surface area contributed by atoms with Gasteiger partial charge < -0.3 is 14.2 Å². The molecule has 1 saturated heterocycles. The Morgan fingerprint density at radius 1 is 1.58 bits per heavy atom. The first kappa shape index (κ1) is 10.2. The summed E-state index contributed by atoms with van der Waals surface area (Å²) in [6.45, 7) is 3.18. The van der Waals surface area contributed by atoms with E-state index in [2.05, 4.69) is 0 Å². The Morgan fingerprint density at radius 2 is 2.17 bits per heavy atom. The second-order valence-electron chi connectivity index (χ2n) is 2.31. The van der Waals surface area contributed by atoms with E-state index in [-0.39, 0.29) is 0 Å². The zero-order valence-corrected chi connectivity index (χ0v) is 9.00. The molecule has 0 unspecified atom stereocenters. The monoisotopic (exact) mass is 286 g/mol. The van der Waals surface area contributed by atoms with Gasteiger partial charge >= 0.3 is 9.76 Å². The van der Waals surface area contributed by atoms with Crippen molar-refractivity contribution in [2.45, 2.75) is 17.1 Å². The van der Waals surface area contributed by atoms with Crippen LogP contribution in [0.2, 0.25) is 0 Å². The molecule has 0 aromatic carbocycles. The second kappa shape index (κ2) is 4.38. The lowest BCUT2D eigenvalue weighted by atomic mass is 10.4. The van der Waals surface area contributed by atoms with Gasteiger partial charge in [-0.15, -0.1) is 0 Å². The summed E-state index contributed by atoms with van der Waals surface area (Å²) in [6, 6.07) is 0. The van der Waals surface area contributed by atoms with E-state index in [0.717, 1.165) is 6.42 Å². The van der Waals surface area contributed by atoms with Crippen LogP contribution >= 0.6 is 22.6 Å². The molecule has 1 rings (SSSR count). The van der Waals surface area contributed by atoms with Crippen LogP contribution in [-0.4, -0.2) is 29.6 Å². The van der Waals surface area contributed by atoms with E-state index < -0.39 is 9.76 Å². The van der Waals surface area contributed by atoms with E-state index in [1.165, 1.54) is 0 Å². The molecule has 1 fully saturated rings. The van der Waals surface area contributed by atoms with E-state index >= 15 is 0 Å². The molecule has 0 aromatic heterocycles. The van der Waals surface area contributed by atoms with Crippen LogP contribution in [0.25, 0.3) is 0 Å². The second-order valence-corrected chi connectivity index (χ2v) is 3.73. The van der Waals surface area contributed by atoms with Crippen molar-refractivity contribution in [1.29, 1.82) is 0 Å². The fourth-order valence-electron chi connectivity index (χ4n) is 0.843. The predicted molar refractivity (Wildman–Crippen MR) is 49.9 cm³/mol. The first-order valence-electron chi connectivity index (χ1n) is 3.83. The maximum atomic E-state index is 11.2. The van der Waals surface area contributed by atoms with Crippen molar-refractivity contribution in [3.05, 3.63) is 0 Å². The van der Waals surface area contributed by atoms with Gasteiger partial charge in [0.1, 0.15) is 0 Å². The molecular weight excluding hydrogens is 275 g/mol. The summed E-state index contributed by atoms with van der Waals surface area (Å²) in [5.74, 6) is -0.453. The number of hydrogen-bond acceptors (Lipinski definition) is 4. The van der Waals surface area contributed by atoms with Gasteiger partial charge in [0.05, 0.1) is 19.8 Å². The first-order valence-corrected chi connectivity index (χ1v) is 4.91. The topological polar surface area (TPSA) is 44.8 Å². The van der Waals surface area contributed by atoms with Crippen LogP contribution in [0.15, 0.2) is 0 Å². The number of halogens is 1. The standard InChI is InChI=1S/C7H11IO4/c1-2-10-6(9)7(8)11-4-3-5-12-7/h2-5H2,1H3. The molecule has 0 bridgehead atoms. The number of rotatable bonds is 2. The minimum Gasteiger partial charge on any atom is -0.461 e. The Balaban J connectivity index is 2.50. The summed E-state index contributed by atoms with van der Waals surface area (Å²) in [6.07, 6.45) is 0.824. The van der Waals surface area contributed by atoms with E-state index in [9.17, 15) is 4.79 Å². The first-order chi connectivity index (χ1) is 5.69. The third-order valence-corrected chi connectivity index (χ3v) is 2.45. The van der Waals surface area contributed by atoms with Gasteiger partial charge in [0.2, 0.25) is 0 Å². The fourth-order valence-corrected chi connectivity index (χ4v) is 1.44. The average Bonchev–Trinajstić information content (AvgIpc) is 2.06. The number of hydrogen-bond donors (Lipinski definition) is 0. The van der Waals surface area contributed by atoms with Gasteiger partial charge in [-0.2, -0.15) is 0 Å². The minimum atomic E-state index is -1.20. The molecule has 70 valence electrons. The van der Waals surface area contributed by atoms with Gasteiger partial charge in [0.25, 0.3) is 0 Å². The van der Waals surface area contributed by atoms with Crippen molar-refractivity contribution in [2.24, 2.45) is 0 Å². The van der Waals surface area contributed by atoms with Gasteiger partial charge in [-0.25, -0.2) is 4.79 Å². The third kappa shape index (κ3) is 2.30. The molecule has 5 heteroatoms. The SMILES string of the molecule is CCOC(=O)C1(I)OCCCO1. The molecule has 1 aliphatic heterocycles. The number of alkyl halides is 1. The van der Waals surface area contributed by atoms with Crippen LogP contribution in [0.3, 0.4) is 0 Å². The largest absolute Gasteiger partial charge is 0.461 e. The Morgan fingerprint density at radius 3 is 2.67 bits per heavy atom. The highest BCUT2D eigenvalue weighted by atomic mass is 127. The van der Waals surface area contributed by atoms with Crippen molar-refractivity contribution in [3.8, 4) is 0 Å². The molecule has 4 nitrogen and oxygen atoms in total. The highest BCUT2D eigenvalue weighted by molar-refractivity contribution is 14.1. The molecule has 0 aliphatic carbocycles. The molecule has 0 spiro atoms. The lowest BCUT2D eigenvalue weighted by Gasteiger charge is -2.29. The average molecular weight is 286 g/mol. The fraction of sp³-hybridized carbons (Fsp3) is 0.857. The Labute approximate surface area is 84.7 Å². The highest BCUT2D eigenvalue weighted by Gasteiger charge is 2.41. The number of ether oxygens (including phenoxy) is 3. The lowest BCUT2D eigenvalue weighted by molar-refractivity contribution is -0.218. The maximum Gasteiger partial charge on any atom is 0.377 e. The molecule has 0 amide bonds. The third-order valence-electron chi connectivity index (χ3n) is 1.38. The zero-order valence-electron chi connectivity index (χ0n) is 6.84. The minimum absolute atomic E-state index is 0.344. The summed E-state index contributed by atoms with van der Waals surface area (Å²) in [7, 11) is 0. The van der Waals surface area contributed by atoms with Crippen molar-refractivity contribution in [3.63, 3.8) is 0 Å². The van der Waals surface area contributed by atoms with Crippen LogP contribution in [0.5, 0.6) is 0 Å². The Kier molecular flexibility index (Phi) is 3.73. The smallest absolute Gasteiger partial charge is 0.377 e. The van der Waals surface area contributed by atoms with Crippen molar-refractivity contribution in [2.75, 3.05) is 19.8 Å². The molecule has 0 N–H and O–H groups in total. The van der Waals surface area contributed by atoms with E-state index in [1.807, 2.05) is 22.6 Å². The molecular formula is C7H11IO4. The van der Waals surface area contributed by atoms with Gasteiger partial charge in [0.15, 0.2) is 0 Å². The Hall–Kier alpha value is 0.120. The van der Waals surface area contributed by atoms with Crippen LogP contribution in [0.1, 0.15) is 13.3 Å². The highest BCUT2D eigenvalue weighted by Crippen LogP contribution is 2.27. The molecule has 0 aromatic rings. The molecule has 12 heavy (non-hydrogen) atoms. The number of carbonyl (C=O) groups is 1. The maximum absolute atomic E-state index is 11.2. The summed E-state index contributed by atoms with van der Waals surface area (Å²) >= 11 is 1.82. The van der Waals surface area contributed by atoms with E-state index in [1.54, 1.807) is 6.92 Å². The summed E-state index contributed by atoms with van der Waals surface area (Å²) < 4.78 is 13.9. The van der Waals surface area contributed by atoms with E-state index in [0.29, 0.717) is 19.8 Å². The quantitative estimate of drug-likeness (QED) is 0.433. The number of esters is 1. The van der Waals surface area contributed by atoms with Crippen LogP contribution in [-0.2, 0) is 19.0 Å². The van der Waals surface area contributed by atoms with Gasteiger partial charge in [-0.05, 0) is 13.3 Å². The molecule has 1 aliphatic rings. The lowest BCUT2D eigenvalue weighted by Crippen LogP contribution is -2.43. The van der Waals surface area contributed by atoms with Gasteiger partial charge in [-0.1, -0.05) is 0 Å². The van der Waals surface area contributed by atoms with Crippen LogP contribution < -0.4 is 0 Å². The zero-order chi connectivity index (χ0) is 9.03. The van der Waals surface area contributed by atoms with E-state index in [4.69, 9.17) is 14.2 Å². The van der Waals surface area contributed by atoms with Crippen molar-refractivity contribution < 1.29 is 19.0 Å². The molecule has 1 heterocycles. The molecule has 0 saturated carbocycles. The van der Waals surface area contributed by atoms with Crippen molar-refractivity contribution >= 4 is 28.6 Å². The summed E-state index contributed by atoms with van der Waals surface area (Å²) in [4.78, 5) is 11.2. The van der Waals surface area contributed by atoms with Crippen LogP contribution in [0.4, 0.5) is 0 Å². The van der Waals surface area contributed by atoms with Crippen molar-refractivity contribution in [1.82, 2.24) is 0 Å². The number of carbonyl (C=O) groups excluding carboxylic acids is 1. The van der Waals surface area contributed by atoms with Gasteiger partial charge in [-0.3, -0.25) is 0 Å². The summed E-state index contributed by atoms with van der Waals surface area (Å²) in [5, 5.41) is 0. The van der Waals surface area contributed by atoms with Gasteiger partial charge in [0, 0.05) is 22.6 Å². The Bertz CT molecular complexity index is 165.